The van der Waals surface area contributed by atoms with E-state index >= 15 is 0 Å². The molecule has 156 valence electrons. The Labute approximate surface area is 179 Å². The van der Waals surface area contributed by atoms with E-state index in [1.165, 1.54) is 36.4 Å². The molecule has 3 aromatic rings. The summed E-state index contributed by atoms with van der Waals surface area (Å²) in [5.74, 6) is -1.54. The van der Waals surface area contributed by atoms with E-state index in [0.29, 0.717) is 23.0 Å². The summed E-state index contributed by atoms with van der Waals surface area (Å²) in [6.07, 6.45) is 0.478. The van der Waals surface area contributed by atoms with Crippen molar-refractivity contribution in [1.82, 2.24) is 0 Å². The van der Waals surface area contributed by atoms with Crippen LogP contribution in [0.25, 0.3) is 0 Å². The van der Waals surface area contributed by atoms with Gasteiger partial charge in [0.25, 0.3) is 0 Å². The fourth-order valence-corrected chi connectivity index (χ4v) is 4.17. The standard InChI is InChI=1S/C24H18F2NO3P/c25-17-5-1-15(2-6-17)22(28)14-13-21-23(16-3-11-20(31-30)12-4-16)27(24(21)29)19-9-7-18(26)8-10-19/h1-12,21,23H,13-14H2/t21-,23?/m1/s1. The van der Waals surface area contributed by atoms with Crippen LogP contribution in [-0.4, -0.2) is 11.7 Å². The van der Waals surface area contributed by atoms with E-state index in [-0.39, 0.29) is 32.6 Å². The van der Waals surface area contributed by atoms with Gasteiger partial charge in [-0.15, -0.1) is 0 Å². The lowest BCUT2D eigenvalue weighted by Crippen LogP contribution is -2.55. The summed E-state index contributed by atoms with van der Waals surface area (Å²) in [5, 5.41) is 0.616. The number of Topliss-reactive ketones (excluding diaryl/α,β-unsaturated/α-hetero) is 1. The maximum Gasteiger partial charge on any atom is 0.233 e. The summed E-state index contributed by atoms with van der Waals surface area (Å²) >= 11 is 0. The SMILES string of the molecule is O=Pc1ccc(C2[C@@H](CCC(=O)c3ccc(F)cc3)C(=O)N2c2ccc(F)cc2)cc1. The summed E-state index contributed by atoms with van der Waals surface area (Å²) in [4.78, 5) is 27.1. The fraction of sp³-hybridized carbons (Fsp3) is 0.167. The Hall–Kier alpha value is -3.24. The van der Waals surface area contributed by atoms with Gasteiger partial charge in [0.1, 0.15) is 11.6 Å². The molecule has 1 fully saturated rings. The topological polar surface area (TPSA) is 54.5 Å². The normalized spacial score (nSPS) is 18.1. The fourth-order valence-electron chi connectivity index (χ4n) is 3.90. The van der Waals surface area contributed by atoms with E-state index in [0.717, 1.165) is 5.56 Å². The van der Waals surface area contributed by atoms with Gasteiger partial charge < -0.3 is 4.90 Å². The summed E-state index contributed by atoms with van der Waals surface area (Å²) in [7, 11) is -0.0934. The molecule has 0 aromatic heterocycles. The molecule has 1 amide bonds. The molecule has 1 heterocycles. The van der Waals surface area contributed by atoms with Crippen molar-refractivity contribution >= 4 is 31.1 Å². The third kappa shape index (κ3) is 4.30. The van der Waals surface area contributed by atoms with Crippen molar-refractivity contribution in [3.05, 3.63) is 95.6 Å². The molecule has 1 saturated heterocycles. The van der Waals surface area contributed by atoms with Crippen molar-refractivity contribution in [3.63, 3.8) is 0 Å². The van der Waals surface area contributed by atoms with E-state index < -0.39 is 17.6 Å². The van der Waals surface area contributed by atoms with Crippen LogP contribution < -0.4 is 10.2 Å². The maximum atomic E-state index is 13.4. The highest BCUT2D eigenvalue weighted by Crippen LogP contribution is 2.45. The van der Waals surface area contributed by atoms with Crippen molar-refractivity contribution in [1.29, 1.82) is 0 Å². The molecule has 4 rings (SSSR count). The van der Waals surface area contributed by atoms with Crippen LogP contribution in [0.15, 0.2) is 72.8 Å². The van der Waals surface area contributed by atoms with Gasteiger partial charge in [0.15, 0.2) is 14.2 Å². The number of nitrogens with zero attached hydrogens (tertiary/aromatic N) is 1. The quantitative estimate of drug-likeness (QED) is 0.288. The first-order valence-electron chi connectivity index (χ1n) is 9.78. The van der Waals surface area contributed by atoms with Crippen LogP contribution >= 0.6 is 8.46 Å². The lowest BCUT2D eigenvalue weighted by Gasteiger charge is -2.47. The number of hydrogen-bond donors (Lipinski definition) is 0. The van der Waals surface area contributed by atoms with Crippen LogP contribution in [0.4, 0.5) is 14.5 Å². The van der Waals surface area contributed by atoms with Crippen molar-refractivity contribution in [2.75, 3.05) is 4.90 Å². The van der Waals surface area contributed by atoms with Gasteiger partial charge in [-0.3, -0.25) is 14.2 Å². The van der Waals surface area contributed by atoms with E-state index in [1.54, 1.807) is 29.2 Å². The Morgan fingerprint density at radius 2 is 1.45 bits per heavy atom. The van der Waals surface area contributed by atoms with E-state index in [1.807, 2.05) is 12.1 Å². The molecule has 3 aromatic carbocycles. The Morgan fingerprint density at radius 1 is 0.871 bits per heavy atom. The van der Waals surface area contributed by atoms with Crippen molar-refractivity contribution in [2.45, 2.75) is 18.9 Å². The number of hydrogen-bond acceptors (Lipinski definition) is 3. The van der Waals surface area contributed by atoms with Gasteiger partial charge in [-0.05, 0) is 72.6 Å². The summed E-state index contributed by atoms with van der Waals surface area (Å²) in [5.41, 5.74) is 1.82. The number of anilines is 1. The summed E-state index contributed by atoms with van der Waals surface area (Å²) in [6.45, 7) is 0. The van der Waals surface area contributed by atoms with Gasteiger partial charge in [-0.2, -0.15) is 0 Å². The number of benzene rings is 3. The minimum atomic E-state index is -0.426. The second kappa shape index (κ2) is 8.86. The van der Waals surface area contributed by atoms with E-state index in [9.17, 15) is 22.9 Å². The Morgan fingerprint density at radius 3 is 2.03 bits per heavy atom. The highest BCUT2D eigenvalue weighted by Gasteiger charge is 2.48. The molecule has 0 radical (unpaired) electrons. The van der Waals surface area contributed by atoms with Crippen molar-refractivity contribution in [3.8, 4) is 0 Å². The molecule has 7 heteroatoms. The number of amides is 1. The van der Waals surface area contributed by atoms with Crippen molar-refractivity contribution in [2.24, 2.45) is 5.92 Å². The predicted octanol–water partition coefficient (Wildman–Crippen LogP) is 5.25. The molecule has 1 aliphatic heterocycles. The second-order valence-electron chi connectivity index (χ2n) is 7.39. The molecule has 0 bridgehead atoms. The van der Waals surface area contributed by atoms with E-state index in [4.69, 9.17) is 0 Å². The smallest absolute Gasteiger partial charge is 0.233 e. The Kier molecular flexibility index (Phi) is 6.01. The predicted molar refractivity (Wildman–Crippen MR) is 114 cm³/mol. The third-order valence-electron chi connectivity index (χ3n) is 5.51. The molecular formula is C24H18F2NO3P. The Bertz CT molecular complexity index is 1120. The molecule has 1 unspecified atom stereocenters. The zero-order valence-electron chi connectivity index (χ0n) is 16.4. The lowest BCUT2D eigenvalue weighted by atomic mass is 9.78. The molecule has 0 saturated carbocycles. The van der Waals surface area contributed by atoms with Crippen LogP contribution in [-0.2, 0) is 9.36 Å². The minimum absolute atomic E-state index is 0.0934. The number of carbonyl (C=O) groups excluding carboxylic acids is 2. The molecule has 0 aliphatic carbocycles. The number of ketones is 1. The minimum Gasteiger partial charge on any atom is -0.304 e. The molecule has 31 heavy (non-hydrogen) atoms. The Balaban J connectivity index is 1.56. The molecule has 2 atom stereocenters. The lowest BCUT2D eigenvalue weighted by molar-refractivity contribution is -0.130. The van der Waals surface area contributed by atoms with Gasteiger partial charge in [0.2, 0.25) is 5.91 Å². The van der Waals surface area contributed by atoms with Gasteiger partial charge in [-0.1, -0.05) is 12.1 Å². The summed E-state index contributed by atoms with van der Waals surface area (Å²) < 4.78 is 37.5. The number of rotatable bonds is 7. The first kappa shape index (κ1) is 21.0. The average molecular weight is 437 g/mol. The monoisotopic (exact) mass is 437 g/mol. The number of β-lactam (4-membered cyclic amide) rings is 1. The number of carbonyl (C=O) groups is 2. The van der Waals surface area contributed by atoms with Gasteiger partial charge in [-0.25, -0.2) is 8.78 Å². The maximum absolute atomic E-state index is 13.4. The molecule has 4 nitrogen and oxygen atoms in total. The van der Waals surface area contributed by atoms with Gasteiger partial charge >= 0.3 is 0 Å². The molecule has 0 spiro atoms. The second-order valence-corrected chi connectivity index (χ2v) is 8.09. The van der Waals surface area contributed by atoms with Crippen LogP contribution in [0.3, 0.4) is 0 Å². The average Bonchev–Trinajstić information content (AvgIpc) is 2.79. The number of halogens is 2. The van der Waals surface area contributed by atoms with Crippen LogP contribution in [0.2, 0.25) is 0 Å². The van der Waals surface area contributed by atoms with Crippen LogP contribution in [0.5, 0.6) is 0 Å². The highest BCUT2D eigenvalue weighted by molar-refractivity contribution is 7.34. The van der Waals surface area contributed by atoms with Crippen molar-refractivity contribution < 1.29 is 22.9 Å². The highest BCUT2D eigenvalue weighted by atomic mass is 31.1. The van der Waals surface area contributed by atoms with Gasteiger partial charge in [0.05, 0.1) is 12.0 Å². The molecule has 1 aliphatic rings. The first-order chi connectivity index (χ1) is 15.0. The first-order valence-corrected chi connectivity index (χ1v) is 10.6. The molecule has 0 N–H and O–H groups in total. The summed E-state index contributed by atoms with van der Waals surface area (Å²) in [6, 6.07) is 17.8. The largest absolute Gasteiger partial charge is 0.304 e. The zero-order chi connectivity index (χ0) is 22.0. The molecular weight excluding hydrogens is 419 g/mol. The van der Waals surface area contributed by atoms with Crippen LogP contribution in [0.1, 0.15) is 34.8 Å². The van der Waals surface area contributed by atoms with Gasteiger partial charge in [0, 0.05) is 23.0 Å². The van der Waals surface area contributed by atoms with Crippen LogP contribution in [0, 0.1) is 17.6 Å². The third-order valence-corrected chi connectivity index (χ3v) is 6.02. The zero-order valence-corrected chi connectivity index (χ0v) is 17.3. The van der Waals surface area contributed by atoms with E-state index in [2.05, 4.69) is 0 Å².